The van der Waals surface area contributed by atoms with Gasteiger partial charge in [-0.3, -0.25) is 4.79 Å². The third kappa shape index (κ3) is 3.05. The molecule has 1 aliphatic carbocycles. The van der Waals surface area contributed by atoms with Crippen LogP contribution in [0.3, 0.4) is 0 Å². The van der Waals surface area contributed by atoms with Gasteiger partial charge in [0.1, 0.15) is 0 Å². The Morgan fingerprint density at radius 3 is 3.00 bits per heavy atom. The zero-order valence-corrected chi connectivity index (χ0v) is 13.6. The molecule has 1 N–H and O–H groups in total. The molecule has 0 radical (unpaired) electrons. The lowest BCUT2D eigenvalue weighted by molar-refractivity contribution is -0.131. The van der Waals surface area contributed by atoms with Crippen molar-refractivity contribution in [2.45, 2.75) is 18.8 Å². The maximum atomic E-state index is 12.6. The number of hydrogen-bond acceptors (Lipinski definition) is 2. The van der Waals surface area contributed by atoms with E-state index in [0.717, 1.165) is 38.0 Å². The van der Waals surface area contributed by atoms with Crippen LogP contribution in [-0.4, -0.2) is 37.5 Å². The minimum absolute atomic E-state index is 0.0919. The molecular formula is C16H20Cl2N2O. The molecule has 1 aromatic carbocycles. The molecule has 0 aromatic heterocycles. The van der Waals surface area contributed by atoms with Crippen molar-refractivity contribution in [1.29, 1.82) is 0 Å². The molecule has 1 saturated carbocycles. The molecule has 0 spiro atoms. The zero-order valence-electron chi connectivity index (χ0n) is 12.1. The zero-order chi connectivity index (χ0) is 15.0. The minimum atomic E-state index is 0.0919. The standard InChI is InChI=1S/C16H20Cl2N2O/c1-19-8-10-5-6-20(9-10)16(21)13-7-12(13)11-3-2-4-14(17)15(11)18/h2-4,10,12-13,19H,5-9H2,1H3/t10-,12-,13+/m0/s1. The second-order valence-electron chi connectivity index (χ2n) is 6.09. The van der Waals surface area contributed by atoms with Gasteiger partial charge >= 0.3 is 0 Å². The molecule has 1 aliphatic heterocycles. The van der Waals surface area contributed by atoms with E-state index in [2.05, 4.69) is 5.32 Å². The quantitative estimate of drug-likeness (QED) is 0.921. The van der Waals surface area contributed by atoms with E-state index in [4.69, 9.17) is 23.2 Å². The van der Waals surface area contributed by atoms with Crippen LogP contribution in [0.4, 0.5) is 0 Å². The summed E-state index contributed by atoms with van der Waals surface area (Å²) >= 11 is 12.3. The number of carbonyl (C=O) groups excluding carboxylic acids is 1. The summed E-state index contributed by atoms with van der Waals surface area (Å²) in [5.74, 6) is 1.21. The number of nitrogens with one attached hydrogen (secondary N) is 1. The maximum absolute atomic E-state index is 12.6. The summed E-state index contributed by atoms with van der Waals surface area (Å²) in [5.41, 5.74) is 1.02. The van der Waals surface area contributed by atoms with Crippen LogP contribution < -0.4 is 5.32 Å². The van der Waals surface area contributed by atoms with E-state index in [1.807, 2.05) is 24.1 Å². The molecule has 5 heteroatoms. The normalized spacial score (nSPS) is 28.0. The number of likely N-dealkylation sites (tertiary alicyclic amines) is 1. The number of halogens is 2. The van der Waals surface area contributed by atoms with Crippen molar-refractivity contribution in [3.8, 4) is 0 Å². The van der Waals surface area contributed by atoms with Crippen LogP contribution >= 0.6 is 23.2 Å². The van der Waals surface area contributed by atoms with Crippen LogP contribution in [0.25, 0.3) is 0 Å². The highest BCUT2D eigenvalue weighted by atomic mass is 35.5. The van der Waals surface area contributed by atoms with Gasteiger partial charge in [0.25, 0.3) is 0 Å². The topological polar surface area (TPSA) is 32.3 Å². The van der Waals surface area contributed by atoms with E-state index >= 15 is 0 Å². The number of carbonyl (C=O) groups is 1. The molecule has 1 aromatic rings. The van der Waals surface area contributed by atoms with Crippen LogP contribution in [0.15, 0.2) is 18.2 Å². The highest BCUT2D eigenvalue weighted by Crippen LogP contribution is 2.51. The first kappa shape index (κ1) is 15.1. The summed E-state index contributed by atoms with van der Waals surface area (Å²) in [6, 6.07) is 5.68. The number of amides is 1. The van der Waals surface area contributed by atoms with Gasteiger partial charge in [0, 0.05) is 19.0 Å². The molecule has 2 aliphatic rings. The number of rotatable bonds is 4. The Morgan fingerprint density at radius 2 is 2.24 bits per heavy atom. The van der Waals surface area contributed by atoms with Crippen LogP contribution in [0, 0.1) is 11.8 Å². The van der Waals surface area contributed by atoms with E-state index < -0.39 is 0 Å². The summed E-state index contributed by atoms with van der Waals surface area (Å²) in [5, 5.41) is 4.37. The van der Waals surface area contributed by atoms with Crippen molar-refractivity contribution in [1.82, 2.24) is 10.2 Å². The summed E-state index contributed by atoms with van der Waals surface area (Å²) < 4.78 is 0. The first-order valence-corrected chi connectivity index (χ1v) is 8.24. The van der Waals surface area contributed by atoms with E-state index in [1.54, 1.807) is 6.07 Å². The molecule has 1 amide bonds. The molecule has 0 unspecified atom stereocenters. The second kappa shape index (κ2) is 6.15. The lowest BCUT2D eigenvalue weighted by atomic mass is 10.1. The molecule has 1 saturated heterocycles. The first-order valence-electron chi connectivity index (χ1n) is 7.49. The van der Waals surface area contributed by atoms with Gasteiger partial charge < -0.3 is 10.2 Å². The second-order valence-corrected chi connectivity index (χ2v) is 6.87. The summed E-state index contributed by atoms with van der Waals surface area (Å²) in [6.45, 7) is 2.75. The number of benzene rings is 1. The Bertz CT molecular complexity index is 549. The molecular weight excluding hydrogens is 307 g/mol. The first-order chi connectivity index (χ1) is 10.1. The van der Waals surface area contributed by atoms with E-state index in [9.17, 15) is 4.79 Å². The van der Waals surface area contributed by atoms with Gasteiger partial charge in [-0.2, -0.15) is 0 Å². The molecule has 0 bridgehead atoms. The maximum Gasteiger partial charge on any atom is 0.226 e. The number of nitrogens with zero attached hydrogens (tertiary/aromatic N) is 1. The van der Waals surface area contributed by atoms with E-state index in [-0.39, 0.29) is 17.7 Å². The Morgan fingerprint density at radius 1 is 1.43 bits per heavy atom. The van der Waals surface area contributed by atoms with Crippen molar-refractivity contribution < 1.29 is 4.79 Å². The largest absolute Gasteiger partial charge is 0.342 e. The van der Waals surface area contributed by atoms with Crippen molar-refractivity contribution in [2.24, 2.45) is 11.8 Å². The van der Waals surface area contributed by atoms with Crippen molar-refractivity contribution in [3.05, 3.63) is 33.8 Å². The lowest BCUT2D eigenvalue weighted by Gasteiger charge is -2.17. The van der Waals surface area contributed by atoms with Gasteiger partial charge in [-0.1, -0.05) is 35.3 Å². The van der Waals surface area contributed by atoms with Crippen LogP contribution in [0.1, 0.15) is 24.3 Å². The fourth-order valence-corrected chi connectivity index (χ4v) is 3.79. The fourth-order valence-electron chi connectivity index (χ4n) is 3.34. The fraction of sp³-hybridized carbons (Fsp3) is 0.562. The van der Waals surface area contributed by atoms with Gasteiger partial charge in [-0.25, -0.2) is 0 Å². The Hall–Kier alpha value is -0.770. The van der Waals surface area contributed by atoms with Gasteiger partial charge in [-0.15, -0.1) is 0 Å². The van der Waals surface area contributed by atoms with Crippen LogP contribution in [0.2, 0.25) is 10.0 Å². The molecule has 1 heterocycles. The summed E-state index contributed by atoms with van der Waals surface area (Å²) in [7, 11) is 1.96. The van der Waals surface area contributed by atoms with E-state index in [1.165, 1.54) is 0 Å². The van der Waals surface area contributed by atoms with Gasteiger partial charge in [0.15, 0.2) is 0 Å². The molecule has 21 heavy (non-hydrogen) atoms. The van der Waals surface area contributed by atoms with Gasteiger partial charge in [0.05, 0.1) is 10.0 Å². The third-order valence-electron chi connectivity index (χ3n) is 4.58. The molecule has 3 nitrogen and oxygen atoms in total. The van der Waals surface area contributed by atoms with Crippen LogP contribution in [-0.2, 0) is 4.79 Å². The van der Waals surface area contributed by atoms with Crippen molar-refractivity contribution in [3.63, 3.8) is 0 Å². The number of hydrogen-bond donors (Lipinski definition) is 1. The van der Waals surface area contributed by atoms with Gasteiger partial charge in [0.2, 0.25) is 5.91 Å². The van der Waals surface area contributed by atoms with Crippen molar-refractivity contribution in [2.75, 3.05) is 26.7 Å². The highest BCUT2D eigenvalue weighted by molar-refractivity contribution is 6.42. The average Bonchev–Trinajstić information content (AvgIpc) is 3.12. The molecule has 3 atom stereocenters. The predicted octanol–water partition coefficient (Wildman–Crippen LogP) is 3.16. The molecule has 114 valence electrons. The van der Waals surface area contributed by atoms with Crippen molar-refractivity contribution >= 4 is 29.1 Å². The summed E-state index contributed by atoms with van der Waals surface area (Å²) in [4.78, 5) is 14.6. The Labute approximate surface area is 135 Å². The van der Waals surface area contributed by atoms with Crippen LogP contribution in [0.5, 0.6) is 0 Å². The third-order valence-corrected chi connectivity index (χ3v) is 5.41. The minimum Gasteiger partial charge on any atom is -0.342 e. The smallest absolute Gasteiger partial charge is 0.226 e. The lowest BCUT2D eigenvalue weighted by Crippen LogP contribution is -2.31. The SMILES string of the molecule is CNC[C@@H]1CCN(C(=O)[C@@H]2C[C@H]2c2cccc(Cl)c2Cl)C1. The predicted molar refractivity (Wildman–Crippen MR) is 85.9 cm³/mol. The molecule has 2 fully saturated rings. The monoisotopic (exact) mass is 326 g/mol. The van der Waals surface area contributed by atoms with Gasteiger partial charge in [-0.05, 0) is 49.9 Å². The molecule has 3 rings (SSSR count). The average molecular weight is 327 g/mol. The summed E-state index contributed by atoms with van der Waals surface area (Å²) in [6.07, 6.45) is 1.99. The Balaban J connectivity index is 1.63. The highest BCUT2D eigenvalue weighted by Gasteiger charge is 2.47. The Kier molecular flexibility index (Phi) is 4.43. The van der Waals surface area contributed by atoms with E-state index in [0.29, 0.717) is 16.0 Å².